The molecule has 29 heavy (non-hydrogen) atoms. The first-order valence-corrected chi connectivity index (χ1v) is 11.2. The molecule has 6 nitrogen and oxygen atoms in total. The fourth-order valence-corrected chi connectivity index (χ4v) is 3.69. The normalized spacial score (nSPS) is 11.4. The van der Waals surface area contributed by atoms with Gasteiger partial charge in [-0.15, -0.1) is 0 Å². The summed E-state index contributed by atoms with van der Waals surface area (Å²) in [4.78, 5) is 12.2. The number of amides is 1. The Morgan fingerprint density at radius 3 is 2.55 bits per heavy atom. The van der Waals surface area contributed by atoms with E-state index >= 15 is 0 Å². The van der Waals surface area contributed by atoms with Crippen molar-refractivity contribution in [2.24, 2.45) is 0 Å². The van der Waals surface area contributed by atoms with Crippen molar-refractivity contribution in [1.82, 2.24) is 5.32 Å². The summed E-state index contributed by atoms with van der Waals surface area (Å²) >= 11 is 5.73. The number of nitrogens with zero attached hydrogens (tertiary/aromatic N) is 1. The summed E-state index contributed by atoms with van der Waals surface area (Å²) < 4.78 is 44.1. The highest BCUT2D eigenvalue weighted by Gasteiger charge is 2.21. The summed E-state index contributed by atoms with van der Waals surface area (Å²) in [5.41, 5.74) is 1.17. The predicted molar refractivity (Wildman–Crippen MR) is 113 cm³/mol. The van der Waals surface area contributed by atoms with Crippen LogP contribution in [-0.2, 0) is 14.8 Å². The molecule has 0 spiro atoms. The molecular weight excluding hydrogens is 419 g/mol. The van der Waals surface area contributed by atoms with Crippen molar-refractivity contribution < 1.29 is 22.3 Å². The SMILES string of the molecule is CC(C)c1ccccc1OCCNC(=O)CN(c1ccc(F)c(Cl)c1)S(C)(=O)=O. The van der Waals surface area contributed by atoms with Crippen molar-refractivity contribution in [3.8, 4) is 5.75 Å². The Hall–Kier alpha value is -2.32. The van der Waals surface area contributed by atoms with Gasteiger partial charge in [0.2, 0.25) is 15.9 Å². The van der Waals surface area contributed by atoms with E-state index in [9.17, 15) is 17.6 Å². The van der Waals surface area contributed by atoms with Crippen LogP contribution in [0, 0.1) is 5.82 Å². The highest BCUT2D eigenvalue weighted by atomic mass is 35.5. The van der Waals surface area contributed by atoms with E-state index in [0.29, 0.717) is 5.92 Å². The summed E-state index contributed by atoms with van der Waals surface area (Å²) in [6.45, 7) is 4.10. The first-order chi connectivity index (χ1) is 13.6. The number of carbonyl (C=O) groups is 1. The quantitative estimate of drug-likeness (QED) is 0.602. The van der Waals surface area contributed by atoms with Crippen LogP contribution in [0.5, 0.6) is 5.75 Å². The van der Waals surface area contributed by atoms with Crippen molar-refractivity contribution in [2.75, 3.05) is 30.3 Å². The Morgan fingerprint density at radius 1 is 1.24 bits per heavy atom. The van der Waals surface area contributed by atoms with Gasteiger partial charge in [0.1, 0.15) is 24.7 Å². The molecule has 9 heteroatoms. The van der Waals surface area contributed by atoms with Crippen LogP contribution in [0.1, 0.15) is 25.3 Å². The van der Waals surface area contributed by atoms with Crippen LogP contribution in [-0.4, -0.2) is 40.3 Å². The van der Waals surface area contributed by atoms with Crippen LogP contribution in [0.15, 0.2) is 42.5 Å². The van der Waals surface area contributed by atoms with Gasteiger partial charge >= 0.3 is 0 Å². The maximum atomic E-state index is 13.4. The fourth-order valence-electron chi connectivity index (χ4n) is 2.67. The zero-order valence-electron chi connectivity index (χ0n) is 16.5. The average Bonchev–Trinajstić information content (AvgIpc) is 2.65. The number of halogens is 2. The van der Waals surface area contributed by atoms with E-state index in [1.54, 1.807) is 0 Å². The number of sulfonamides is 1. The molecule has 0 aliphatic heterocycles. The molecule has 0 radical (unpaired) electrons. The van der Waals surface area contributed by atoms with Crippen LogP contribution < -0.4 is 14.4 Å². The van der Waals surface area contributed by atoms with Gasteiger partial charge in [-0.05, 0) is 35.7 Å². The van der Waals surface area contributed by atoms with Crippen molar-refractivity contribution in [2.45, 2.75) is 19.8 Å². The van der Waals surface area contributed by atoms with E-state index in [1.807, 2.05) is 24.3 Å². The molecule has 2 aromatic carbocycles. The second kappa shape index (κ2) is 9.93. The van der Waals surface area contributed by atoms with Gasteiger partial charge < -0.3 is 10.1 Å². The van der Waals surface area contributed by atoms with Crippen LogP contribution in [0.4, 0.5) is 10.1 Å². The lowest BCUT2D eigenvalue weighted by atomic mass is 10.0. The first kappa shape index (κ1) is 23.0. The topological polar surface area (TPSA) is 75.7 Å². The van der Waals surface area contributed by atoms with E-state index in [4.69, 9.17) is 16.3 Å². The van der Waals surface area contributed by atoms with Crippen LogP contribution in [0.3, 0.4) is 0 Å². The third-order valence-corrected chi connectivity index (χ3v) is 5.53. The van der Waals surface area contributed by atoms with E-state index in [0.717, 1.165) is 34.0 Å². The smallest absolute Gasteiger partial charge is 0.240 e. The molecule has 1 amide bonds. The summed E-state index contributed by atoms with van der Waals surface area (Å²) in [6, 6.07) is 11.1. The van der Waals surface area contributed by atoms with Gasteiger partial charge in [0.15, 0.2) is 0 Å². The minimum Gasteiger partial charge on any atom is -0.491 e. The van der Waals surface area contributed by atoms with Crippen LogP contribution in [0.2, 0.25) is 5.02 Å². The number of hydrogen-bond acceptors (Lipinski definition) is 4. The number of ether oxygens (including phenoxy) is 1. The highest BCUT2D eigenvalue weighted by Crippen LogP contribution is 2.26. The molecule has 158 valence electrons. The van der Waals surface area contributed by atoms with Crippen molar-refractivity contribution in [1.29, 1.82) is 0 Å². The van der Waals surface area contributed by atoms with Crippen molar-refractivity contribution in [3.63, 3.8) is 0 Å². The maximum Gasteiger partial charge on any atom is 0.240 e. The minimum atomic E-state index is -3.77. The van der Waals surface area contributed by atoms with E-state index in [2.05, 4.69) is 19.2 Å². The Kier molecular flexibility index (Phi) is 7.87. The molecule has 2 rings (SSSR count). The van der Waals surface area contributed by atoms with Gasteiger partial charge in [-0.2, -0.15) is 0 Å². The number of anilines is 1. The standard InChI is InChI=1S/C20H24ClFN2O4S/c1-14(2)16-6-4-5-7-19(16)28-11-10-23-20(25)13-24(29(3,26)27)15-8-9-18(22)17(21)12-15/h4-9,12,14H,10-11,13H2,1-3H3,(H,23,25). The highest BCUT2D eigenvalue weighted by molar-refractivity contribution is 7.92. The van der Waals surface area contributed by atoms with Crippen molar-refractivity contribution >= 4 is 33.2 Å². The molecule has 0 aliphatic carbocycles. The zero-order valence-corrected chi connectivity index (χ0v) is 18.1. The molecule has 0 atom stereocenters. The third kappa shape index (κ3) is 6.61. The van der Waals surface area contributed by atoms with E-state index in [1.165, 1.54) is 6.07 Å². The lowest BCUT2D eigenvalue weighted by molar-refractivity contribution is -0.119. The van der Waals surface area contributed by atoms with Gasteiger partial charge in [0, 0.05) is 0 Å². The Morgan fingerprint density at radius 2 is 1.93 bits per heavy atom. The minimum absolute atomic E-state index is 0.108. The molecule has 2 aromatic rings. The van der Waals surface area contributed by atoms with Gasteiger partial charge in [-0.1, -0.05) is 43.6 Å². The average molecular weight is 443 g/mol. The molecule has 1 N–H and O–H groups in total. The lowest BCUT2D eigenvalue weighted by Crippen LogP contribution is -2.41. The lowest BCUT2D eigenvalue weighted by Gasteiger charge is -2.22. The van der Waals surface area contributed by atoms with E-state index in [-0.39, 0.29) is 23.9 Å². The largest absolute Gasteiger partial charge is 0.491 e. The second-order valence-electron chi connectivity index (χ2n) is 6.76. The second-order valence-corrected chi connectivity index (χ2v) is 9.07. The molecule has 0 saturated carbocycles. The van der Waals surface area contributed by atoms with Crippen LogP contribution in [0.25, 0.3) is 0 Å². The number of nitrogens with one attached hydrogen (secondary N) is 1. The fraction of sp³-hybridized carbons (Fsp3) is 0.350. The monoisotopic (exact) mass is 442 g/mol. The number of carbonyl (C=O) groups excluding carboxylic acids is 1. The van der Waals surface area contributed by atoms with Crippen LogP contribution >= 0.6 is 11.6 Å². The first-order valence-electron chi connectivity index (χ1n) is 9.00. The summed E-state index contributed by atoms with van der Waals surface area (Å²) in [6.07, 6.45) is 0.962. The van der Waals surface area contributed by atoms with Gasteiger partial charge in [-0.25, -0.2) is 12.8 Å². The van der Waals surface area contributed by atoms with Gasteiger partial charge in [-0.3, -0.25) is 9.10 Å². The molecule has 0 aromatic heterocycles. The van der Waals surface area contributed by atoms with E-state index < -0.39 is 28.3 Å². The Bertz CT molecular complexity index is 967. The predicted octanol–water partition coefficient (Wildman–Crippen LogP) is 3.56. The zero-order chi connectivity index (χ0) is 21.6. The Balaban J connectivity index is 1.95. The van der Waals surface area contributed by atoms with Gasteiger partial charge in [0.05, 0.1) is 23.5 Å². The number of hydrogen-bond donors (Lipinski definition) is 1. The molecule has 0 unspecified atom stereocenters. The molecular formula is C20H24ClFN2O4S. The summed E-state index contributed by atoms with van der Waals surface area (Å²) in [5, 5.41) is 2.39. The molecule has 0 bridgehead atoms. The van der Waals surface area contributed by atoms with Crippen molar-refractivity contribution in [3.05, 3.63) is 58.9 Å². The number of rotatable bonds is 9. The number of benzene rings is 2. The maximum absolute atomic E-state index is 13.4. The molecule has 0 saturated heterocycles. The summed E-state index contributed by atoms with van der Waals surface area (Å²) in [7, 11) is -3.77. The molecule has 0 heterocycles. The van der Waals surface area contributed by atoms with Gasteiger partial charge in [0.25, 0.3) is 0 Å². The molecule has 0 aliphatic rings. The Labute approximate surface area is 175 Å². The molecule has 0 fully saturated rings. The number of para-hydroxylation sites is 1. The summed E-state index contributed by atoms with van der Waals surface area (Å²) in [5.74, 6) is -0.147. The third-order valence-electron chi connectivity index (χ3n) is 4.10.